The van der Waals surface area contributed by atoms with Crippen molar-refractivity contribution < 1.29 is 0 Å². The largest absolute Gasteiger partial charge is 0.314 e. The Labute approximate surface area is 160 Å². The van der Waals surface area contributed by atoms with Gasteiger partial charge in [-0.15, -0.1) is 0 Å². The van der Waals surface area contributed by atoms with Crippen molar-refractivity contribution in [3.63, 3.8) is 0 Å². The molecule has 0 aromatic heterocycles. The van der Waals surface area contributed by atoms with Crippen LogP contribution in [-0.2, 0) is 0 Å². The monoisotopic (exact) mass is 351 g/mol. The van der Waals surface area contributed by atoms with Gasteiger partial charge in [0, 0.05) is 6.04 Å². The molecule has 0 aromatic carbocycles. The van der Waals surface area contributed by atoms with Gasteiger partial charge in [-0.2, -0.15) is 0 Å². The summed E-state index contributed by atoms with van der Waals surface area (Å²) in [7, 11) is 0. The van der Waals surface area contributed by atoms with Gasteiger partial charge in [0.25, 0.3) is 0 Å². The molecule has 25 heavy (non-hydrogen) atoms. The molecule has 2 unspecified atom stereocenters. The lowest BCUT2D eigenvalue weighted by atomic mass is 9.91. The molecule has 1 heterocycles. The van der Waals surface area contributed by atoms with Gasteiger partial charge in [0.1, 0.15) is 0 Å². The van der Waals surface area contributed by atoms with E-state index in [1.807, 2.05) is 0 Å². The van der Waals surface area contributed by atoms with E-state index in [-0.39, 0.29) is 0 Å². The topological polar surface area (TPSA) is 12.0 Å². The van der Waals surface area contributed by atoms with Crippen molar-refractivity contribution >= 4 is 0 Å². The molecule has 1 nitrogen and oxygen atoms in total. The highest BCUT2D eigenvalue weighted by Crippen LogP contribution is 2.20. The van der Waals surface area contributed by atoms with Crippen molar-refractivity contribution in [3.05, 3.63) is 0 Å². The maximum absolute atomic E-state index is 3.70. The second-order valence-electron chi connectivity index (χ2n) is 8.87. The van der Waals surface area contributed by atoms with Crippen LogP contribution in [0, 0.1) is 5.92 Å². The molecule has 0 aliphatic carbocycles. The van der Waals surface area contributed by atoms with Gasteiger partial charge in [0.05, 0.1) is 0 Å². The molecule has 0 bridgehead atoms. The maximum atomic E-state index is 3.70. The average Bonchev–Trinajstić information content (AvgIpc) is 2.63. The predicted octanol–water partition coefficient (Wildman–Crippen LogP) is 8.03. The van der Waals surface area contributed by atoms with E-state index in [0.29, 0.717) is 0 Å². The number of unbranched alkanes of at least 4 members (excludes halogenated alkanes) is 13. The van der Waals surface area contributed by atoms with Crippen molar-refractivity contribution in [3.8, 4) is 0 Å². The van der Waals surface area contributed by atoms with E-state index in [1.54, 1.807) is 0 Å². The Kier molecular flexibility index (Phi) is 16.0. The summed E-state index contributed by atoms with van der Waals surface area (Å²) < 4.78 is 0. The molecule has 1 aliphatic rings. The Morgan fingerprint density at radius 1 is 0.720 bits per heavy atom. The molecular weight excluding hydrogens is 302 g/mol. The zero-order valence-corrected chi connectivity index (χ0v) is 17.8. The van der Waals surface area contributed by atoms with Crippen molar-refractivity contribution in [1.29, 1.82) is 0 Å². The molecule has 0 saturated carbocycles. The highest BCUT2D eigenvalue weighted by Gasteiger charge is 2.15. The van der Waals surface area contributed by atoms with Crippen molar-refractivity contribution in [2.24, 2.45) is 5.92 Å². The lowest BCUT2D eigenvalue weighted by Gasteiger charge is -2.26. The van der Waals surface area contributed by atoms with E-state index in [2.05, 4.69) is 19.2 Å². The summed E-state index contributed by atoms with van der Waals surface area (Å²) in [6.45, 7) is 6.03. The van der Waals surface area contributed by atoms with Crippen LogP contribution in [0.1, 0.15) is 136 Å². The summed E-state index contributed by atoms with van der Waals surface area (Å²) in [5.41, 5.74) is 0. The van der Waals surface area contributed by atoms with Crippen LogP contribution in [0.15, 0.2) is 0 Å². The first-order valence-electron chi connectivity index (χ1n) is 12.1. The van der Waals surface area contributed by atoms with Gasteiger partial charge in [-0.25, -0.2) is 0 Å². The zero-order chi connectivity index (χ0) is 18.0. The molecule has 0 spiro atoms. The van der Waals surface area contributed by atoms with Gasteiger partial charge in [0.2, 0.25) is 0 Å². The number of rotatable bonds is 17. The summed E-state index contributed by atoms with van der Waals surface area (Å²) >= 11 is 0. The molecule has 1 fully saturated rings. The normalized spacial score (nSPS) is 19.2. The van der Waals surface area contributed by atoms with Gasteiger partial charge < -0.3 is 5.32 Å². The Bertz CT molecular complexity index is 257. The zero-order valence-electron chi connectivity index (χ0n) is 17.8. The molecule has 1 rings (SSSR count). The smallest absolute Gasteiger partial charge is 0.00696 e. The highest BCUT2D eigenvalue weighted by atomic mass is 14.9. The van der Waals surface area contributed by atoms with E-state index in [9.17, 15) is 0 Å². The van der Waals surface area contributed by atoms with Crippen LogP contribution < -0.4 is 5.32 Å². The summed E-state index contributed by atoms with van der Waals surface area (Å²) in [6.07, 6.45) is 27.7. The van der Waals surface area contributed by atoms with Crippen LogP contribution in [0.25, 0.3) is 0 Å². The molecule has 0 amide bonds. The van der Waals surface area contributed by atoms with Crippen LogP contribution >= 0.6 is 0 Å². The first-order chi connectivity index (χ1) is 12.3. The van der Waals surface area contributed by atoms with Gasteiger partial charge in [-0.3, -0.25) is 0 Å². The quantitative estimate of drug-likeness (QED) is 0.261. The number of nitrogens with one attached hydrogen (secondary N) is 1. The molecule has 1 aliphatic heterocycles. The predicted molar refractivity (Wildman–Crippen MR) is 114 cm³/mol. The van der Waals surface area contributed by atoms with Crippen LogP contribution in [0.3, 0.4) is 0 Å². The van der Waals surface area contributed by atoms with Crippen molar-refractivity contribution in [2.75, 3.05) is 6.54 Å². The first-order valence-corrected chi connectivity index (χ1v) is 12.1. The Morgan fingerprint density at radius 2 is 1.24 bits per heavy atom. The molecule has 0 aromatic rings. The van der Waals surface area contributed by atoms with Crippen LogP contribution in [-0.4, -0.2) is 12.6 Å². The fourth-order valence-corrected chi connectivity index (χ4v) is 4.42. The Morgan fingerprint density at radius 3 is 1.72 bits per heavy atom. The van der Waals surface area contributed by atoms with Gasteiger partial charge in [-0.05, 0) is 31.7 Å². The van der Waals surface area contributed by atoms with Crippen molar-refractivity contribution in [2.45, 2.75) is 142 Å². The van der Waals surface area contributed by atoms with Crippen LogP contribution in [0.5, 0.6) is 0 Å². The summed E-state index contributed by atoms with van der Waals surface area (Å²) in [5, 5.41) is 3.70. The third kappa shape index (κ3) is 14.8. The molecule has 150 valence electrons. The molecule has 1 N–H and O–H groups in total. The lowest BCUT2D eigenvalue weighted by Crippen LogP contribution is -2.35. The SMILES string of the molecule is CCCCCCCCCCCCCCCCC(C)CC1CCCCN1. The highest BCUT2D eigenvalue weighted by molar-refractivity contribution is 4.74. The fraction of sp³-hybridized carbons (Fsp3) is 1.00. The number of piperidine rings is 1. The lowest BCUT2D eigenvalue weighted by molar-refractivity contribution is 0.323. The number of hydrogen-bond acceptors (Lipinski definition) is 1. The van der Waals surface area contributed by atoms with E-state index >= 15 is 0 Å². The molecule has 1 saturated heterocycles. The minimum atomic E-state index is 0.829. The third-order valence-electron chi connectivity index (χ3n) is 6.15. The van der Waals surface area contributed by atoms with Gasteiger partial charge in [-0.1, -0.05) is 117 Å². The maximum Gasteiger partial charge on any atom is 0.00696 e. The minimum Gasteiger partial charge on any atom is -0.314 e. The second kappa shape index (κ2) is 17.4. The van der Waals surface area contributed by atoms with Gasteiger partial charge >= 0.3 is 0 Å². The summed E-state index contributed by atoms with van der Waals surface area (Å²) in [4.78, 5) is 0. The molecule has 2 atom stereocenters. The molecule has 1 heteroatoms. The van der Waals surface area contributed by atoms with E-state index in [4.69, 9.17) is 0 Å². The van der Waals surface area contributed by atoms with Crippen molar-refractivity contribution in [1.82, 2.24) is 5.32 Å². The Hall–Kier alpha value is -0.0400. The average molecular weight is 352 g/mol. The second-order valence-corrected chi connectivity index (χ2v) is 8.87. The fourth-order valence-electron chi connectivity index (χ4n) is 4.42. The third-order valence-corrected chi connectivity index (χ3v) is 6.15. The van der Waals surface area contributed by atoms with Crippen LogP contribution in [0.2, 0.25) is 0 Å². The van der Waals surface area contributed by atoms with Gasteiger partial charge in [0.15, 0.2) is 0 Å². The standard InChI is InChI=1S/C24H49N/c1-3-4-5-6-7-8-9-10-11-12-13-14-15-16-19-23(2)22-24-20-17-18-21-25-24/h23-25H,3-22H2,1-2H3. The molecule has 0 radical (unpaired) electrons. The number of hydrogen-bond donors (Lipinski definition) is 1. The summed E-state index contributed by atoms with van der Waals surface area (Å²) in [5.74, 6) is 0.924. The Balaban J connectivity index is 1.74. The van der Waals surface area contributed by atoms with E-state index in [1.165, 1.54) is 129 Å². The first kappa shape index (κ1) is 23.0. The van der Waals surface area contributed by atoms with Crippen LogP contribution in [0.4, 0.5) is 0 Å². The van der Waals surface area contributed by atoms with E-state index < -0.39 is 0 Å². The molecular formula is C24H49N. The summed E-state index contributed by atoms with van der Waals surface area (Å²) in [6, 6.07) is 0.829. The van der Waals surface area contributed by atoms with E-state index in [0.717, 1.165) is 12.0 Å². The minimum absolute atomic E-state index is 0.829.